The summed E-state index contributed by atoms with van der Waals surface area (Å²) in [4.78, 5) is 8.16. The normalized spacial score (nSPS) is 13.1. The van der Waals surface area contributed by atoms with Gasteiger partial charge in [-0.05, 0) is 19.7 Å². The second kappa shape index (κ2) is 6.63. The van der Waals surface area contributed by atoms with Gasteiger partial charge in [0.15, 0.2) is 10.8 Å². The van der Waals surface area contributed by atoms with Crippen LogP contribution in [0.1, 0.15) is 19.5 Å². The van der Waals surface area contributed by atoms with Crippen LogP contribution in [-0.2, 0) is 6.54 Å². The van der Waals surface area contributed by atoms with Gasteiger partial charge in [0.1, 0.15) is 0 Å². The molecule has 2 aromatic rings. The van der Waals surface area contributed by atoms with Crippen molar-refractivity contribution in [2.75, 3.05) is 30.5 Å². The van der Waals surface area contributed by atoms with Crippen LogP contribution in [0.3, 0.4) is 0 Å². The Balaban J connectivity index is 2.32. The minimum absolute atomic E-state index is 0.486. The van der Waals surface area contributed by atoms with Gasteiger partial charge in [0.05, 0.1) is 5.69 Å². The lowest BCUT2D eigenvalue weighted by Gasteiger charge is -2.25. The maximum atomic E-state index is 4.79. The van der Waals surface area contributed by atoms with Crippen molar-refractivity contribution in [3.63, 3.8) is 0 Å². The standard InChI is InChI=1S/C13H22N4S2/c1-5-14-8-11-12(16(3)10(2)9-18-4)15-13-17(11)6-7-19-13/h6-7,10,14H,5,8-9H2,1-4H3. The largest absolute Gasteiger partial charge is 0.355 e. The lowest BCUT2D eigenvalue weighted by Crippen LogP contribution is -2.32. The molecule has 0 aliphatic carbocycles. The lowest BCUT2D eigenvalue weighted by molar-refractivity contribution is 0.692. The zero-order valence-corrected chi connectivity index (χ0v) is 13.6. The first-order valence-corrected chi connectivity index (χ1v) is 8.83. The second-order valence-corrected chi connectivity index (χ2v) is 6.42. The molecule has 1 unspecified atom stereocenters. The average Bonchev–Trinajstić information content (AvgIpc) is 2.96. The van der Waals surface area contributed by atoms with Crippen LogP contribution in [0.25, 0.3) is 4.96 Å². The summed E-state index contributed by atoms with van der Waals surface area (Å²) >= 11 is 3.57. The van der Waals surface area contributed by atoms with Gasteiger partial charge in [-0.15, -0.1) is 11.3 Å². The number of thiazole rings is 1. The van der Waals surface area contributed by atoms with Gasteiger partial charge in [0.2, 0.25) is 0 Å². The predicted octanol–water partition coefficient (Wildman–Crippen LogP) is 2.69. The first kappa shape index (κ1) is 14.7. The van der Waals surface area contributed by atoms with Crippen LogP contribution in [0.15, 0.2) is 11.6 Å². The Morgan fingerprint density at radius 3 is 3.05 bits per heavy atom. The van der Waals surface area contributed by atoms with Crippen LogP contribution >= 0.6 is 23.1 Å². The molecule has 0 amide bonds. The van der Waals surface area contributed by atoms with Crippen LogP contribution in [0.5, 0.6) is 0 Å². The van der Waals surface area contributed by atoms with Crippen molar-refractivity contribution in [2.24, 2.45) is 0 Å². The Kier molecular flexibility index (Phi) is 5.13. The molecule has 0 bridgehead atoms. The third-order valence-electron chi connectivity index (χ3n) is 3.29. The summed E-state index contributed by atoms with van der Waals surface area (Å²) in [7, 11) is 2.14. The van der Waals surface area contributed by atoms with E-state index >= 15 is 0 Å². The first-order chi connectivity index (χ1) is 9.19. The molecule has 2 rings (SSSR count). The van der Waals surface area contributed by atoms with E-state index in [2.05, 4.69) is 53.3 Å². The molecule has 4 nitrogen and oxygen atoms in total. The molecule has 0 aliphatic rings. The van der Waals surface area contributed by atoms with Crippen LogP contribution < -0.4 is 10.2 Å². The molecule has 0 fully saturated rings. The highest BCUT2D eigenvalue weighted by atomic mass is 32.2. The fraction of sp³-hybridized carbons (Fsp3) is 0.615. The van der Waals surface area contributed by atoms with E-state index < -0.39 is 0 Å². The van der Waals surface area contributed by atoms with E-state index in [0.29, 0.717) is 6.04 Å². The van der Waals surface area contributed by atoms with Gasteiger partial charge in [-0.3, -0.25) is 4.40 Å². The van der Waals surface area contributed by atoms with Crippen molar-refractivity contribution in [2.45, 2.75) is 26.4 Å². The van der Waals surface area contributed by atoms with Crippen LogP contribution in [-0.4, -0.2) is 41.0 Å². The molecule has 6 heteroatoms. The summed E-state index contributed by atoms with van der Waals surface area (Å²) in [5.74, 6) is 2.22. The van der Waals surface area contributed by atoms with E-state index in [-0.39, 0.29) is 0 Å². The third-order valence-corrected chi connectivity index (χ3v) is 4.86. The molecular weight excluding hydrogens is 276 g/mol. The molecule has 0 saturated heterocycles. The topological polar surface area (TPSA) is 32.6 Å². The monoisotopic (exact) mass is 298 g/mol. The smallest absolute Gasteiger partial charge is 0.195 e. The first-order valence-electron chi connectivity index (χ1n) is 6.56. The molecule has 0 spiro atoms. The Bertz CT molecular complexity index is 520. The third kappa shape index (κ3) is 3.07. The van der Waals surface area contributed by atoms with E-state index in [1.165, 1.54) is 5.69 Å². The van der Waals surface area contributed by atoms with Crippen molar-refractivity contribution in [3.05, 3.63) is 17.3 Å². The molecular formula is C13H22N4S2. The van der Waals surface area contributed by atoms with E-state index in [0.717, 1.165) is 29.6 Å². The summed E-state index contributed by atoms with van der Waals surface area (Å²) < 4.78 is 2.20. The second-order valence-electron chi connectivity index (χ2n) is 4.63. The highest BCUT2D eigenvalue weighted by Gasteiger charge is 2.19. The number of nitrogens with zero attached hydrogens (tertiary/aromatic N) is 3. The van der Waals surface area contributed by atoms with Gasteiger partial charge in [0, 0.05) is 37.0 Å². The number of aromatic nitrogens is 2. The van der Waals surface area contributed by atoms with Gasteiger partial charge in [-0.25, -0.2) is 4.98 Å². The number of hydrogen-bond donors (Lipinski definition) is 1. The zero-order chi connectivity index (χ0) is 13.8. The number of anilines is 1. The highest BCUT2D eigenvalue weighted by Crippen LogP contribution is 2.25. The summed E-state index contributed by atoms with van der Waals surface area (Å²) in [6.45, 7) is 6.22. The van der Waals surface area contributed by atoms with Crippen LogP contribution in [0.4, 0.5) is 5.82 Å². The van der Waals surface area contributed by atoms with E-state index in [9.17, 15) is 0 Å². The van der Waals surface area contributed by atoms with E-state index in [1.54, 1.807) is 11.3 Å². The zero-order valence-electron chi connectivity index (χ0n) is 12.0. The quantitative estimate of drug-likeness (QED) is 0.852. The maximum Gasteiger partial charge on any atom is 0.195 e. The molecule has 1 atom stereocenters. The number of fused-ring (bicyclic) bond motifs is 1. The summed E-state index contributed by atoms with van der Waals surface area (Å²) in [5, 5.41) is 5.50. The summed E-state index contributed by atoms with van der Waals surface area (Å²) in [6, 6.07) is 0.486. The molecule has 1 N–H and O–H groups in total. The van der Waals surface area contributed by atoms with Gasteiger partial charge in [-0.2, -0.15) is 11.8 Å². The molecule has 0 aromatic carbocycles. The van der Waals surface area contributed by atoms with Crippen molar-refractivity contribution in [1.29, 1.82) is 0 Å². The fourth-order valence-corrected chi connectivity index (χ4v) is 3.51. The van der Waals surface area contributed by atoms with Crippen LogP contribution in [0.2, 0.25) is 0 Å². The number of nitrogens with one attached hydrogen (secondary N) is 1. The molecule has 0 radical (unpaired) electrons. The molecule has 106 valence electrons. The van der Waals surface area contributed by atoms with Gasteiger partial charge >= 0.3 is 0 Å². The maximum absolute atomic E-state index is 4.79. The molecule has 2 heterocycles. The van der Waals surface area contributed by atoms with E-state index in [4.69, 9.17) is 4.98 Å². The SMILES string of the molecule is CCNCc1c(N(C)C(C)CSC)nc2sccn12. The molecule has 0 aliphatic heterocycles. The number of hydrogen-bond acceptors (Lipinski definition) is 5. The summed E-state index contributed by atoms with van der Waals surface area (Å²) in [6.07, 6.45) is 4.26. The fourth-order valence-electron chi connectivity index (χ4n) is 2.07. The van der Waals surface area contributed by atoms with Crippen molar-refractivity contribution in [1.82, 2.24) is 14.7 Å². The van der Waals surface area contributed by atoms with Crippen molar-refractivity contribution in [3.8, 4) is 0 Å². The number of thioether (sulfide) groups is 1. The minimum atomic E-state index is 0.486. The average molecular weight is 298 g/mol. The van der Waals surface area contributed by atoms with E-state index in [1.807, 2.05) is 11.8 Å². The van der Waals surface area contributed by atoms with Crippen molar-refractivity contribution < 1.29 is 0 Å². The number of rotatable bonds is 7. The lowest BCUT2D eigenvalue weighted by atomic mass is 10.3. The summed E-state index contributed by atoms with van der Waals surface area (Å²) in [5.41, 5.74) is 1.26. The Morgan fingerprint density at radius 1 is 1.58 bits per heavy atom. The highest BCUT2D eigenvalue weighted by molar-refractivity contribution is 7.98. The van der Waals surface area contributed by atoms with Crippen molar-refractivity contribution >= 4 is 33.9 Å². The van der Waals surface area contributed by atoms with Gasteiger partial charge < -0.3 is 10.2 Å². The predicted molar refractivity (Wildman–Crippen MR) is 86.7 cm³/mol. The van der Waals surface area contributed by atoms with Crippen LogP contribution in [0, 0.1) is 0 Å². The Morgan fingerprint density at radius 2 is 2.37 bits per heavy atom. The number of imidazole rings is 1. The van der Waals surface area contributed by atoms with Gasteiger partial charge in [-0.1, -0.05) is 6.92 Å². The van der Waals surface area contributed by atoms with Gasteiger partial charge in [0.25, 0.3) is 0 Å². The Hall–Kier alpha value is -0.720. The minimum Gasteiger partial charge on any atom is -0.355 e. The Labute approximate surface area is 123 Å². The molecule has 0 saturated carbocycles. The molecule has 19 heavy (non-hydrogen) atoms. The molecule has 2 aromatic heterocycles.